The zero-order valence-corrected chi connectivity index (χ0v) is 14.9. The van der Waals surface area contributed by atoms with Crippen molar-refractivity contribution in [1.29, 1.82) is 0 Å². The van der Waals surface area contributed by atoms with Gasteiger partial charge in [-0.25, -0.2) is 0 Å². The Balaban J connectivity index is 1.54. The molecule has 0 amide bonds. The van der Waals surface area contributed by atoms with Gasteiger partial charge in [0.2, 0.25) is 0 Å². The van der Waals surface area contributed by atoms with Gasteiger partial charge in [-0.15, -0.1) is 0 Å². The molecule has 1 aliphatic heterocycles. The maximum absolute atomic E-state index is 6.04. The Bertz CT molecular complexity index is 598. The van der Waals surface area contributed by atoms with Crippen molar-refractivity contribution in [3.63, 3.8) is 0 Å². The first-order chi connectivity index (χ1) is 11.8. The summed E-state index contributed by atoms with van der Waals surface area (Å²) >= 11 is 0. The molecule has 2 aromatic rings. The smallest absolute Gasteiger partial charge is 0.0717 e. The SMILES string of the molecule is CC[C@H]1CN([C@H](C)c2ccccc2)C[C@@H]1COCc1ccccc1. The van der Waals surface area contributed by atoms with Crippen LogP contribution in [0.1, 0.15) is 37.4 Å². The van der Waals surface area contributed by atoms with E-state index < -0.39 is 0 Å². The summed E-state index contributed by atoms with van der Waals surface area (Å²) in [5.74, 6) is 1.39. The van der Waals surface area contributed by atoms with Gasteiger partial charge in [-0.05, 0) is 29.9 Å². The van der Waals surface area contributed by atoms with Crippen molar-refractivity contribution < 1.29 is 4.74 Å². The Kier molecular flexibility index (Phi) is 6.06. The fourth-order valence-corrected chi connectivity index (χ4v) is 3.79. The topological polar surface area (TPSA) is 12.5 Å². The van der Waals surface area contributed by atoms with Gasteiger partial charge in [0.25, 0.3) is 0 Å². The monoisotopic (exact) mass is 323 g/mol. The van der Waals surface area contributed by atoms with E-state index in [-0.39, 0.29) is 0 Å². The van der Waals surface area contributed by atoms with Gasteiger partial charge in [0.1, 0.15) is 0 Å². The fourth-order valence-electron chi connectivity index (χ4n) is 3.79. The summed E-state index contributed by atoms with van der Waals surface area (Å²) in [6, 6.07) is 21.8. The molecule has 2 heteroatoms. The largest absolute Gasteiger partial charge is 0.376 e. The maximum atomic E-state index is 6.04. The van der Waals surface area contributed by atoms with E-state index >= 15 is 0 Å². The van der Waals surface area contributed by atoms with Crippen LogP contribution in [0.5, 0.6) is 0 Å². The van der Waals surface area contributed by atoms with Crippen LogP contribution in [0.2, 0.25) is 0 Å². The van der Waals surface area contributed by atoms with Crippen LogP contribution in [0.4, 0.5) is 0 Å². The molecule has 0 saturated carbocycles. The van der Waals surface area contributed by atoms with Gasteiger partial charge in [0.05, 0.1) is 13.2 Å². The molecule has 1 heterocycles. The molecule has 3 rings (SSSR count). The Hall–Kier alpha value is -1.64. The minimum atomic E-state index is 0.486. The quantitative estimate of drug-likeness (QED) is 0.717. The van der Waals surface area contributed by atoms with Crippen LogP contribution >= 0.6 is 0 Å². The van der Waals surface area contributed by atoms with Crippen molar-refractivity contribution in [1.82, 2.24) is 4.90 Å². The lowest BCUT2D eigenvalue weighted by atomic mass is 9.94. The third kappa shape index (κ3) is 4.25. The van der Waals surface area contributed by atoms with E-state index in [2.05, 4.69) is 79.4 Å². The molecule has 0 spiro atoms. The first-order valence-corrected chi connectivity index (χ1v) is 9.18. The maximum Gasteiger partial charge on any atom is 0.0717 e. The van der Waals surface area contributed by atoms with Crippen molar-refractivity contribution in [3.05, 3.63) is 71.8 Å². The third-order valence-electron chi connectivity index (χ3n) is 5.40. The highest BCUT2D eigenvalue weighted by Crippen LogP contribution is 2.32. The number of hydrogen-bond acceptors (Lipinski definition) is 2. The van der Waals surface area contributed by atoms with Crippen molar-refractivity contribution in [2.24, 2.45) is 11.8 Å². The van der Waals surface area contributed by atoms with Gasteiger partial charge in [-0.1, -0.05) is 74.0 Å². The lowest BCUT2D eigenvalue weighted by molar-refractivity contribution is 0.0759. The number of nitrogens with zero attached hydrogens (tertiary/aromatic N) is 1. The highest BCUT2D eigenvalue weighted by molar-refractivity contribution is 5.18. The second-order valence-electron chi connectivity index (χ2n) is 6.97. The summed E-state index contributed by atoms with van der Waals surface area (Å²) < 4.78 is 6.04. The summed E-state index contributed by atoms with van der Waals surface area (Å²) in [5, 5.41) is 0. The lowest BCUT2D eigenvalue weighted by Crippen LogP contribution is -2.25. The average molecular weight is 323 g/mol. The molecule has 0 aromatic heterocycles. The summed E-state index contributed by atoms with van der Waals surface area (Å²) in [6.45, 7) is 8.56. The van der Waals surface area contributed by atoms with Crippen LogP contribution in [0.15, 0.2) is 60.7 Å². The summed E-state index contributed by atoms with van der Waals surface area (Å²) in [6.07, 6.45) is 1.23. The molecule has 0 aliphatic carbocycles. The molecular formula is C22H29NO. The Morgan fingerprint density at radius 2 is 1.58 bits per heavy atom. The fraction of sp³-hybridized carbons (Fsp3) is 0.455. The second kappa shape index (κ2) is 8.46. The predicted octanol–water partition coefficient (Wildman–Crippen LogP) is 4.92. The van der Waals surface area contributed by atoms with Crippen molar-refractivity contribution in [2.45, 2.75) is 32.9 Å². The molecule has 3 atom stereocenters. The minimum Gasteiger partial charge on any atom is -0.376 e. The molecule has 128 valence electrons. The van der Waals surface area contributed by atoms with Gasteiger partial charge in [-0.3, -0.25) is 4.90 Å². The molecule has 0 bridgehead atoms. The molecule has 1 fully saturated rings. The van der Waals surface area contributed by atoms with E-state index in [0.717, 1.165) is 25.7 Å². The lowest BCUT2D eigenvalue weighted by Gasteiger charge is -2.24. The average Bonchev–Trinajstić information content (AvgIpc) is 3.06. The van der Waals surface area contributed by atoms with Crippen LogP contribution in [0, 0.1) is 11.8 Å². The van der Waals surface area contributed by atoms with Crippen LogP contribution in [-0.4, -0.2) is 24.6 Å². The van der Waals surface area contributed by atoms with Gasteiger partial charge >= 0.3 is 0 Å². The van der Waals surface area contributed by atoms with Crippen LogP contribution in [0.25, 0.3) is 0 Å². The molecule has 1 saturated heterocycles. The van der Waals surface area contributed by atoms with Gasteiger partial charge in [0.15, 0.2) is 0 Å². The highest BCUT2D eigenvalue weighted by atomic mass is 16.5. The van der Waals surface area contributed by atoms with Crippen molar-refractivity contribution >= 4 is 0 Å². The van der Waals surface area contributed by atoms with Crippen LogP contribution in [-0.2, 0) is 11.3 Å². The van der Waals surface area contributed by atoms with E-state index in [1.54, 1.807) is 0 Å². The number of likely N-dealkylation sites (tertiary alicyclic amines) is 1. The number of hydrogen-bond donors (Lipinski definition) is 0. The summed E-state index contributed by atoms with van der Waals surface area (Å²) in [4.78, 5) is 2.63. The first kappa shape index (κ1) is 17.2. The molecule has 2 nitrogen and oxygen atoms in total. The first-order valence-electron chi connectivity index (χ1n) is 9.18. The van der Waals surface area contributed by atoms with E-state index in [4.69, 9.17) is 4.74 Å². The standard InChI is InChI=1S/C22H29NO/c1-3-20-14-23(18(2)21-12-8-5-9-13-21)15-22(20)17-24-16-19-10-6-4-7-11-19/h4-13,18,20,22H,3,14-17H2,1-2H3/t18-,20+,22-/m1/s1. The molecule has 0 N–H and O–H groups in total. The summed E-state index contributed by atoms with van der Waals surface area (Å²) in [5.41, 5.74) is 2.68. The van der Waals surface area contributed by atoms with E-state index in [1.165, 1.54) is 24.1 Å². The molecule has 24 heavy (non-hydrogen) atoms. The zero-order valence-electron chi connectivity index (χ0n) is 14.9. The number of benzene rings is 2. The molecule has 1 aliphatic rings. The highest BCUT2D eigenvalue weighted by Gasteiger charge is 2.34. The number of ether oxygens (including phenoxy) is 1. The van der Waals surface area contributed by atoms with Gasteiger partial charge < -0.3 is 4.74 Å². The van der Waals surface area contributed by atoms with E-state index in [1.807, 2.05) is 0 Å². The van der Waals surface area contributed by atoms with Crippen LogP contribution < -0.4 is 0 Å². The van der Waals surface area contributed by atoms with Gasteiger partial charge in [-0.2, -0.15) is 0 Å². The second-order valence-corrected chi connectivity index (χ2v) is 6.97. The van der Waals surface area contributed by atoms with Crippen LogP contribution in [0.3, 0.4) is 0 Å². The van der Waals surface area contributed by atoms with E-state index in [0.29, 0.717) is 12.0 Å². The van der Waals surface area contributed by atoms with Gasteiger partial charge in [0, 0.05) is 19.1 Å². The summed E-state index contributed by atoms with van der Waals surface area (Å²) in [7, 11) is 0. The Morgan fingerprint density at radius 1 is 0.958 bits per heavy atom. The third-order valence-corrected chi connectivity index (χ3v) is 5.40. The zero-order chi connectivity index (χ0) is 16.8. The molecular weight excluding hydrogens is 294 g/mol. The molecule has 2 aromatic carbocycles. The van der Waals surface area contributed by atoms with E-state index in [9.17, 15) is 0 Å². The Labute approximate surface area is 146 Å². The Morgan fingerprint density at radius 3 is 2.25 bits per heavy atom. The number of rotatable bonds is 7. The van der Waals surface area contributed by atoms with Crippen molar-refractivity contribution in [2.75, 3.05) is 19.7 Å². The normalized spacial score (nSPS) is 22.6. The molecule has 0 radical (unpaired) electrons. The van der Waals surface area contributed by atoms with Crippen molar-refractivity contribution in [3.8, 4) is 0 Å². The minimum absolute atomic E-state index is 0.486. The molecule has 0 unspecified atom stereocenters. The predicted molar refractivity (Wildman–Crippen MR) is 99.8 cm³/mol.